The van der Waals surface area contributed by atoms with Crippen molar-refractivity contribution in [3.05, 3.63) is 11.9 Å². The Labute approximate surface area is 114 Å². The van der Waals surface area contributed by atoms with E-state index in [1.165, 1.54) is 12.8 Å². The topological polar surface area (TPSA) is 76.3 Å². The first kappa shape index (κ1) is 14.0. The molecule has 1 unspecified atom stereocenters. The molecule has 1 fully saturated rings. The van der Waals surface area contributed by atoms with Gasteiger partial charge in [0.1, 0.15) is 17.5 Å². The molecule has 6 nitrogen and oxygen atoms in total. The molecule has 6 heteroatoms. The Morgan fingerprint density at radius 2 is 2.26 bits per heavy atom. The van der Waals surface area contributed by atoms with Crippen LogP contribution in [0.15, 0.2) is 6.07 Å². The van der Waals surface area contributed by atoms with E-state index in [1.807, 2.05) is 13.0 Å². The van der Waals surface area contributed by atoms with Crippen molar-refractivity contribution in [3.8, 4) is 0 Å². The molecule has 0 saturated heterocycles. The van der Waals surface area contributed by atoms with Gasteiger partial charge in [-0.3, -0.25) is 0 Å². The minimum Gasteiger partial charge on any atom is -0.383 e. The zero-order valence-electron chi connectivity index (χ0n) is 11.9. The minimum atomic E-state index is 0.468. The molecule has 1 atom stereocenters. The second-order valence-electron chi connectivity index (χ2n) is 5.07. The summed E-state index contributed by atoms with van der Waals surface area (Å²) in [5, 5.41) is 0. The first-order valence-electron chi connectivity index (χ1n) is 6.73. The van der Waals surface area contributed by atoms with E-state index in [4.69, 9.17) is 10.6 Å². The molecule has 0 aromatic carbocycles. The summed E-state index contributed by atoms with van der Waals surface area (Å²) in [4.78, 5) is 11.0. The lowest BCUT2D eigenvalue weighted by molar-refractivity contribution is 0.202. The summed E-state index contributed by atoms with van der Waals surface area (Å²) in [6.07, 6.45) is 2.60. The molecule has 19 heavy (non-hydrogen) atoms. The third-order valence-electron chi connectivity index (χ3n) is 3.60. The predicted molar refractivity (Wildman–Crippen MR) is 76.0 cm³/mol. The SMILES string of the molecule is COCCN(c1cc(NN)nc(C)n1)C(C)C1CC1. The number of nitrogens with zero attached hydrogens (tertiary/aromatic N) is 3. The van der Waals surface area contributed by atoms with E-state index in [2.05, 4.69) is 27.2 Å². The van der Waals surface area contributed by atoms with Gasteiger partial charge in [0, 0.05) is 25.8 Å². The summed E-state index contributed by atoms with van der Waals surface area (Å²) in [6.45, 7) is 5.64. The maximum absolute atomic E-state index is 5.45. The van der Waals surface area contributed by atoms with Crippen LogP contribution in [0.1, 0.15) is 25.6 Å². The Hall–Kier alpha value is -1.40. The van der Waals surface area contributed by atoms with Gasteiger partial charge in [-0.2, -0.15) is 0 Å². The van der Waals surface area contributed by atoms with Crippen molar-refractivity contribution in [2.45, 2.75) is 32.7 Å². The number of rotatable bonds is 7. The van der Waals surface area contributed by atoms with E-state index >= 15 is 0 Å². The van der Waals surface area contributed by atoms with Crippen LogP contribution in [0.5, 0.6) is 0 Å². The Bertz CT molecular complexity index is 421. The molecular weight excluding hydrogens is 242 g/mol. The minimum absolute atomic E-state index is 0.468. The van der Waals surface area contributed by atoms with Crippen LogP contribution in [0.25, 0.3) is 0 Å². The number of methoxy groups -OCH3 is 1. The van der Waals surface area contributed by atoms with Crippen molar-refractivity contribution >= 4 is 11.6 Å². The largest absolute Gasteiger partial charge is 0.383 e. The number of ether oxygens (including phenoxy) is 1. The summed E-state index contributed by atoms with van der Waals surface area (Å²) >= 11 is 0. The smallest absolute Gasteiger partial charge is 0.145 e. The van der Waals surface area contributed by atoms with Crippen LogP contribution in [0.3, 0.4) is 0 Å². The first-order valence-corrected chi connectivity index (χ1v) is 6.73. The summed E-state index contributed by atoms with van der Waals surface area (Å²) in [5.74, 6) is 8.50. The number of hydrazine groups is 1. The van der Waals surface area contributed by atoms with E-state index in [9.17, 15) is 0 Å². The first-order chi connectivity index (χ1) is 9.15. The van der Waals surface area contributed by atoms with Gasteiger partial charge in [-0.15, -0.1) is 0 Å². The van der Waals surface area contributed by atoms with Crippen LogP contribution in [0.2, 0.25) is 0 Å². The maximum Gasteiger partial charge on any atom is 0.145 e. The number of hydrogen-bond acceptors (Lipinski definition) is 6. The molecule has 1 aromatic heterocycles. The van der Waals surface area contributed by atoms with Crippen molar-refractivity contribution in [2.75, 3.05) is 30.6 Å². The van der Waals surface area contributed by atoms with Crippen LogP contribution >= 0.6 is 0 Å². The van der Waals surface area contributed by atoms with Gasteiger partial charge in [0.05, 0.1) is 6.61 Å². The Balaban J connectivity index is 2.22. The molecule has 0 aliphatic heterocycles. The molecule has 0 amide bonds. The summed E-state index contributed by atoms with van der Waals surface area (Å²) in [5.41, 5.74) is 2.59. The van der Waals surface area contributed by atoms with Gasteiger partial charge in [-0.1, -0.05) is 0 Å². The highest BCUT2D eigenvalue weighted by atomic mass is 16.5. The second kappa shape index (κ2) is 6.16. The van der Waals surface area contributed by atoms with E-state index in [1.54, 1.807) is 7.11 Å². The highest BCUT2D eigenvalue weighted by molar-refractivity contribution is 5.49. The molecule has 1 saturated carbocycles. The van der Waals surface area contributed by atoms with Crippen molar-refractivity contribution in [3.63, 3.8) is 0 Å². The van der Waals surface area contributed by atoms with Crippen LogP contribution in [0, 0.1) is 12.8 Å². The fourth-order valence-corrected chi connectivity index (χ4v) is 2.32. The number of nitrogens with two attached hydrogens (primary N) is 1. The highest BCUT2D eigenvalue weighted by Crippen LogP contribution is 2.36. The number of aryl methyl sites for hydroxylation is 1. The quantitative estimate of drug-likeness (QED) is 0.572. The van der Waals surface area contributed by atoms with Gasteiger partial charge in [0.25, 0.3) is 0 Å². The van der Waals surface area contributed by atoms with Crippen molar-refractivity contribution in [2.24, 2.45) is 11.8 Å². The average Bonchev–Trinajstić information content (AvgIpc) is 3.22. The molecule has 0 bridgehead atoms. The van der Waals surface area contributed by atoms with Gasteiger partial charge >= 0.3 is 0 Å². The monoisotopic (exact) mass is 265 g/mol. The molecule has 0 spiro atoms. The van der Waals surface area contributed by atoms with Gasteiger partial charge < -0.3 is 15.1 Å². The molecule has 1 aliphatic rings. The lowest BCUT2D eigenvalue weighted by atomic mass is 10.2. The van der Waals surface area contributed by atoms with Crippen LogP contribution in [-0.4, -0.2) is 36.3 Å². The molecule has 2 rings (SSSR count). The Morgan fingerprint density at radius 1 is 1.53 bits per heavy atom. The van der Waals surface area contributed by atoms with Crippen LogP contribution < -0.4 is 16.2 Å². The normalized spacial score (nSPS) is 16.2. The number of nitrogens with one attached hydrogen (secondary N) is 1. The summed E-state index contributed by atoms with van der Waals surface area (Å²) < 4.78 is 5.21. The van der Waals surface area contributed by atoms with Crippen LogP contribution in [-0.2, 0) is 4.74 Å². The third-order valence-corrected chi connectivity index (χ3v) is 3.60. The van der Waals surface area contributed by atoms with Crippen LogP contribution in [0.4, 0.5) is 11.6 Å². The standard InChI is InChI=1S/C13H23N5O/c1-9(11-4-5-11)18(6-7-19-3)13-8-12(17-14)15-10(2)16-13/h8-9,11H,4-7,14H2,1-3H3,(H,15,16,17). The zero-order chi connectivity index (χ0) is 13.8. The van der Waals surface area contributed by atoms with Gasteiger partial charge in [-0.05, 0) is 32.6 Å². The van der Waals surface area contributed by atoms with Gasteiger partial charge in [0.2, 0.25) is 0 Å². The van der Waals surface area contributed by atoms with E-state index in [-0.39, 0.29) is 0 Å². The Morgan fingerprint density at radius 3 is 2.84 bits per heavy atom. The van der Waals surface area contributed by atoms with Gasteiger partial charge in [-0.25, -0.2) is 15.8 Å². The lowest BCUT2D eigenvalue weighted by Crippen LogP contribution is -2.38. The maximum atomic E-state index is 5.45. The zero-order valence-corrected chi connectivity index (χ0v) is 11.9. The van der Waals surface area contributed by atoms with E-state index < -0.39 is 0 Å². The second-order valence-corrected chi connectivity index (χ2v) is 5.07. The molecule has 1 heterocycles. The van der Waals surface area contributed by atoms with E-state index in [0.29, 0.717) is 18.5 Å². The highest BCUT2D eigenvalue weighted by Gasteiger charge is 2.32. The summed E-state index contributed by atoms with van der Waals surface area (Å²) in [7, 11) is 1.72. The fraction of sp³-hybridized carbons (Fsp3) is 0.692. The van der Waals surface area contributed by atoms with Crippen molar-refractivity contribution in [1.29, 1.82) is 0 Å². The molecule has 1 aromatic rings. The molecule has 106 valence electrons. The van der Waals surface area contributed by atoms with E-state index in [0.717, 1.165) is 24.1 Å². The number of aromatic nitrogens is 2. The molecule has 3 N–H and O–H groups in total. The fourth-order valence-electron chi connectivity index (χ4n) is 2.32. The molecule has 0 radical (unpaired) electrons. The third kappa shape index (κ3) is 3.54. The number of nitrogen functional groups attached to an aromatic ring is 1. The predicted octanol–water partition coefficient (Wildman–Crippen LogP) is 1.32. The summed E-state index contributed by atoms with van der Waals surface area (Å²) in [6, 6.07) is 2.36. The number of anilines is 2. The Kier molecular flexibility index (Phi) is 4.55. The van der Waals surface area contributed by atoms with Crippen molar-refractivity contribution in [1.82, 2.24) is 9.97 Å². The molecular formula is C13H23N5O. The number of hydrogen-bond donors (Lipinski definition) is 2. The average molecular weight is 265 g/mol. The molecule has 1 aliphatic carbocycles. The van der Waals surface area contributed by atoms with Crippen molar-refractivity contribution < 1.29 is 4.74 Å². The lowest BCUT2D eigenvalue weighted by Gasteiger charge is -2.30. The van der Waals surface area contributed by atoms with Gasteiger partial charge in [0.15, 0.2) is 0 Å².